The van der Waals surface area contributed by atoms with Gasteiger partial charge in [-0.15, -0.1) is 0 Å². The summed E-state index contributed by atoms with van der Waals surface area (Å²) >= 11 is 1.68. The van der Waals surface area contributed by atoms with E-state index in [1.807, 2.05) is 6.92 Å². The molecule has 0 bridgehead atoms. The summed E-state index contributed by atoms with van der Waals surface area (Å²) in [7, 11) is 0. The van der Waals surface area contributed by atoms with Crippen molar-refractivity contribution in [1.82, 2.24) is 4.90 Å². The molecule has 0 spiro atoms. The SMILES string of the molecule is CC1CN(C(=O)c2cccc(C(F)(F)F)c2F)CCS1. The average Bonchev–Trinajstić information content (AvgIpc) is 2.37. The van der Waals surface area contributed by atoms with Crippen LogP contribution in [-0.2, 0) is 6.18 Å². The molecule has 0 radical (unpaired) electrons. The van der Waals surface area contributed by atoms with Gasteiger partial charge in [0.2, 0.25) is 0 Å². The third-order valence-corrected chi connectivity index (χ3v) is 4.20. The molecule has 2 nitrogen and oxygen atoms in total. The van der Waals surface area contributed by atoms with E-state index in [0.717, 1.165) is 12.1 Å². The highest BCUT2D eigenvalue weighted by molar-refractivity contribution is 7.99. The van der Waals surface area contributed by atoms with Crippen LogP contribution in [0.5, 0.6) is 0 Å². The van der Waals surface area contributed by atoms with Gasteiger partial charge in [-0.25, -0.2) is 4.39 Å². The van der Waals surface area contributed by atoms with Crippen molar-refractivity contribution in [3.8, 4) is 0 Å². The van der Waals surface area contributed by atoms with E-state index in [4.69, 9.17) is 0 Å². The van der Waals surface area contributed by atoms with Crippen LogP contribution in [0.1, 0.15) is 22.8 Å². The standard InChI is InChI=1S/C13H13F4NOS/c1-8-7-18(5-6-20-8)12(19)9-3-2-4-10(11(9)14)13(15,16)17/h2-4,8H,5-7H2,1H3. The molecule has 1 heterocycles. The van der Waals surface area contributed by atoms with E-state index in [1.54, 1.807) is 11.8 Å². The third kappa shape index (κ3) is 3.08. The fourth-order valence-corrected chi connectivity index (χ4v) is 3.10. The monoisotopic (exact) mass is 307 g/mol. The summed E-state index contributed by atoms with van der Waals surface area (Å²) in [5, 5.41) is 0.196. The molecule has 1 amide bonds. The molecule has 0 aromatic heterocycles. The molecular weight excluding hydrogens is 294 g/mol. The lowest BCUT2D eigenvalue weighted by atomic mass is 10.1. The molecule has 1 saturated heterocycles. The predicted octanol–water partition coefficient (Wildman–Crippen LogP) is 3.42. The Balaban J connectivity index is 2.31. The number of amides is 1. The van der Waals surface area contributed by atoms with Gasteiger partial charge in [-0.2, -0.15) is 24.9 Å². The second-order valence-corrected chi connectivity index (χ2v) is 6.14. The normalized spacial score (nSPS) is 20.1. The number of benzene rings is 1. The topological polar surface area (TPSA) is 20.3 Å². The Hall–Kier alpha value is -1.24. The summed E-state index contributed by atoms with van der Waals surface area (Å²) in [5.41, 5.74) is -1.92. The van der Waals surface area contributed by atoms with Crippen molar-refractivity contribution in [1.29, 1.82) is 0 Å². The minimum absolute atomic E-state index is 0.196. The largest absolute Gasteiger partial charge is 0.419 e. The van der Waals surface area contributed by atoms with Crippen molar-refractivity contribution in [3.05, 3.63) is 35.1 Å². The number of halogens is 4. The number of rotatable bonds is 1. The molecule has 0 aliphatic carbocycles. The fourth-order valence-electron chi connectivity index (χ4n) is 2.09. The van der Waals surface area contributed by atoms with Gasteiger partial charge in [0.05, 0.1) is 11.1 Å². The van der Waals surface area contributed by atoms with Crippen LogP contribution in [0.4, 0.5) is 17.6 Å². The summed E-state index contributed by atoms with van der Waals surface area (Å²) in [4.78, 5) is 13.6. The first-order chi connectivity index (χ1) is 9.30. The minimum atomic E-state index is -4.80. The molecule has 1 aliphatic heterocycles. The van der Waals surface area contributed by atoms with Gasteiger partial charge in [0, 0.05) is 24.1 Å². The zero-order chi connectivity index (χ0) is 14.9. The Morgan fingerprint density at radius 3 is 2.70 bits per heavy atom. The number of hydrogen-bond donors (Lipinski definition) is 0. The lowest BCUT2D eigenvalue weighted by molar-refractivity contribution is -0.140. The molecule has 1 fully saturated rings. The smallest absolute Gasteiger partial charge is 0.337 e. The number of thioether (sulfide) groups is 1. The van der Waals surface area contributed by atoms with Gasteiger partial charge >= 0.3 is 6.18 Å². The van der Waals surface area contributed by atoms with Crippen LogP contribution in [0.15, 0.2) is 18.2 Å². The molecule has 2 rings (SSSR count). The highest BCUT2D eigenvalue weighted by Gasteiger charge is 2.36. The quantitative estimate of drug-likeness (QED) is 0.741. The third-order valence-electron chi connectivity index (χ3n) is 3.06. The van der Waals surface area contributed by atoms with Crippen LogP contribution < -0.4 is 0 Å². The van der Waals surface area contributed by atoms with Gasteiger partial charge in [-0.3, -0.25) is 4.79 Å². The zero-order valence-electron chi connectivity index (χ0n) is 10.7. The lowest BCUT2D eigenvalue weighted by Crippen LogP contribution is -2.41. The maximum atomic E-state index is 13.9. The van der Waals surface area contributed by atoms with E-state index in [2.05, 4.69) is 0 Å². The summed E-state index contributed by atoms with van der Waals surface area (Å²) < 4.78 is 51.8. The molecule has 0 saturated carbocycles. The van der Waals surface area contributed by atoms with Gasteiger partial charge < -0.3 is 4.90 Å². The van der Waals surface area contributed by atoms with Crippen LogP contribution >= 0.6 is 11.8 Å². The van der Waals surface area contributed by atoms with E-state index in [0.29, 0.717) is 24.9 Å². The first-order valence-corrected chi connectivity index (χ1v) is 7.12. The van der Waals surface area contributed by atoms with E-state index in [-0.39, 0.29) is 5.25 Å². The van der Waals surface area contributed by atoms with Crippen molar-refractivity contribution >= 4 is 17.7 Å². The van der Waals surface area contributed by atoms with Crippen LogP contribution in [-0.4, -0.2) is 34.9 Å². The number of carbonyl (C=O) groups excluding carboxylic acids is 1. The molecule has 110 valence electrons. The van der Waals surface area contributed by atoms with Crippen molar-refractivity contribution < 1.29 is 22.4 Å². The fraction of sp³-hybridized carbons (Fsp3) is 0.462. The van der Waals surface area contributed by atoms with Gasteiger partial charge in [0.25, 0.3) is 5.91 Å². The Kier molecular flexibility index (Phi) is 4.27. The molecule has 20 heavy (non-hydrogen) atoms. The second-order valence-electron chi connectivity index (χ2n) is 4.60. The maximum Gasteiger partial charge on any atom is 0.419 e. The van der Waals surface area contributed by atoms with Crippen LogP contribution in [0, 0.1) is 5.82 Å². The van der Waals surface area contributed by atoms with Gasteiger partial charge in [0.1, 0.15) is 5.82 Å². The Morgan fingerprint density at radius 2 is 2.10 bits per heavy atom. The average molecular weight is 307 g/mol. The van der Waals surface area contributed by atoms with E-state index >= 15 is 0 Å². The van der Waals surface area contributed by atoms with Crippen LogP contribution in [0.3, 0.4) is 0 Å². The second kappa shape index (κ2) is 5.63. The van der Waals surface area contributed by atoms with Gasteiger partial charge in [0.15, 0.2) is 0 Å². The van der Waals surface area contributed by atoms with Gasteiger partial charge in [-0.05, 0) is 12.1 Å². The number of carbonyl (C=O) groups is 1. The molecule has 0 N–H and O–H groups in total. The number of nitrogens with zero attached hydrogens (tertiary/aromatic N) is 1. The van der Waals surface area contributed by atoms with Crippen LogP contribution in [0.25, 0.3) is 0 Å². The van der Waals surface area contributed by atoms with E-state index in [1.165, 1.54) is 4.90 Å². The Bertz CT molecular complexity index is 518. The number of alkyl halides is 3. The maximum absolute atomic E-state index is 13.9. The first kappa shape index (κ1) is 15.2. The first-order valence-electron chi connectivity index (χ1n) is 6.07. The summed E-state index contributed by atoms with van der Waals surface area (Å²) in [6, 6.07) is 2.79. The predicted molar refractivity (Wildman–Crippen MR) is 69.2 cm³/mol. The highest BCUT2D eigenvalue weighted by atomic mass is 32.2. The molecule has 7 heteroatoms. The summed E-state index contributed by atoms with van der Waals surface area (Å²) in [6.07, 6.45) is -4.80. The van der Waals surface area contributed by atoms with E-state index < -0.39 is 29.0 Å². The van der Waals surface area contributed by atoms with E-state index in [9.17, 15) is 22.4 Å². The van der Waals surface area contributed by atoms with Crippen molar-refractivity contribution in [3.63, 3.8) is 0 Å². The summed E-state index contributed by atoms with van der Waals surface area (Å²) in [6.45, 7) is 2.76. The van der Waals surface area contributed by atoms with Crippen molar-refractivity contribution in [2.75, 3.05) is 18.8 Å². The van der Waals surface area contributed by atoms with Crippen LogP contribution in [0.2, 0.25) is 0 Å². The molecule has 1 aromatic rings. The lowest BCUT2D eigenvalue weighted by Gasteiger charge is -2.30. The van der Waals surface area contributed by atoms with Crippen molar-refractivity contribution in [2.45, 2.75) is 18.3 Å². The Morgan fingerprint density at radius 1 is 1.40 bits per heavy atom. The zero-order valence-corrected chi connectivity index (χ0v) is 11.5. The highest BCUT2D eigenvalue weighted by Crippen LogP contribution is 2.33. The molecule has 1 atom stereocenters. The van der Waals surface area contributed by atoms with Crippen molar-refractivity contribution in [2.24, 2.45) is 0 Å². The minimum Gasteiger partial charge on any atom is -0.337 e. The molecule has 1 aromatic carbocycles. The molecular formula is C13H13F4NOS. The van der Waals surface area contributed by atoms with Gasteiger partial charge in [-0.1, -0.05) is 13.0 Å². The molecule has 1 aliphatic rings. The number of hydrogen-bond acceptors (Lipinski definition) is 2. The summed E-state index contributed by atoms with van der Waals surface area (Å²) in [5.74, 6) is -1.47. The molecule has 1 unspecified atom stereocenters. The Labute approximate surface area is 118 Å².